The second-order valence-electron chi connectivity index (χ2n) is 4.95. The summed E-state index contributed by atoms with van der Waals surface area (Å²) in [5, 5.41) is 3.56. The van der Waals surface area contributed by atoms with E-state index < -0.39 is 0 Å². The minimum absolute atomic E-state index is 0.0943. The number of aromatic nitrogens is 1. The van der Waals surface area contributed by atoms with Gasteiger partial charge in [-0.25, -0.2) is 0 Å². The van der Waals surface area contributed by atoms with Gasteiger partial charge >= 0.3 is 0 Å². The standard InChI is InChI=1S/C14H22N2O/c1-3-9-16-10-12(7-8-14(16)17)15-13(4-2)11-5-6-11/h7-8,10-11,13,15H,3-6,9H2,1-2H3. The third-order valence-electron chi connectivity index (χ3n) is 3.43. The van der Waals surface area contributed by atoms with Crippen molar-refractivity contribution >= 4 is 5.69 Å². The van der Waals surface area contributed by atoms with Crippen molar-refractivity contribution in [3.05, 3.63) is 28.7 Å². The molecular weight excluding hydrogens is 212 g/mol. The van der Waals surface area contributed by atoms with Crippen molar-refractivity contribution in [1.29, 1.82) is 0 Å². The van der Waals surface area contributed by atoms with Crippen LogP contribution < -0.4 is 10.9 Å². The van der Waals surface area contributed by atoms with Crippen molar-refractivity contribution in [2.75, 3.05) is 5.32 Å². The van der Waals surface area contributed by atoms with Crippen molar-refractivity contribution in [3.63, 3.8) is 0 Å². The average Bonchev–Trinajstić information content (AvgIpc) is 3.14. The maximum absolute atomic E-state index is 11.6. The normalized spacial score (nSPS) is 16.8. The van der Waals surface area contributed by atoms with Crippen molar-refractivity contribution in [2.24, 2.45) is 5.92 Å². The molecule has 1 atom stereocenters. The van der Waals surface area contributed by atoms with Crippen LogP contribution in [0.2, 0.25) is 0 Å². The van der Waals surface area contributed by atoms with Gasteiger partial charge in [-0.1, -0.05) is 13.8 Å². The molecule has 0 spiro atoms. The maximum Gasteiger partial charge on any atom is 0.250 e. The Hall–Kier alpha value is -1.25. The summed E-state index contributed by atoms with van der Waals surface area (Å²) in [5.41, 5.74) is 1.17. The number of nitrogens with one attached hydrogen (secondary N) is 1. The first kappa shape index (κ1) is 12.2. The number of nitrogens with zero attached hydrogens (tertiary/aromatic N) is 1. The molecule has 1 aromatic heterocycles. The molecule has 1 fully saturated rings. The summed E-state index contributed by atoms with van der Waals surface area (Å²) >= 11 is 0. The second-order valence-corrected chi connectivity index (χ2v) is 4.95. The summed E-state index contributed by atoms with van der Waals surface area (Å²) in [7, 11) is 0. The first-order valence-electron chi connectivity index (χ1n) is 6.71. The van der Waals surface area contributed by atoms with Crippen LogP contribution in [0.3, 0.4) is 0 Å². The van der Waals surface area contributed by atoms with E-state index in [1.54, 1.807) is 10.6 Å². The quantitative estimate of drug-likeness (QED) is 0.821. The molecule has 1 unspecified atom stereocenters. The fourth-order valence-corrected chi connectivity index (χ4v) is 2.30. The van der Waals surface area contributed by atoms with Crippen LogP contribution in [0.25, 0.3) is 0 Å². The zero-order valence-corrected chi connectivity index (χ0v) is 10.8. The van der Waals surface area contributed by atoms with Crippen LogP contribution in [0.1, 0.15) is 39.5 Å². The molecule has 94 valence electrons. The molecule has 3 nitrogen and oxygen atoms in total. The molecule has 0 radical (unpaired) electrons. The van der Waals surface area contributed by atoms with E-state index in [1.165, 1.54) is 12.8 Å². The Morgan fingerprint density at radius 1 is 1.41 bits per heavy atom. The largest absolute Gasteiger partial charge is 0.381 e. The van der Waals surface area contributed by atoms with E-state index in [1.807, 2.05) is 12.3 Å². The number of aryl methyl sites for hydroxylation is 1. The van der Waals surface area contributed by atoms with Gasteiger partial charge in [0.25, 0.3) is 5.56 Å². The van der Waals surface area contributed by atoms with Gasteiger partial charge in [0, 0.05) is 24.8 Å². The van der Waals surface area contributed by atoms with Crippen molar-refractivity contribution < 1.29 is 0 Å². The van der Waals surface area contributed by atoms with E-state index in [2.05, 4.69) is 19.2 Å². The molecule has 2 rings (SSSR count). The van der Waals surface area contributed by atoms with Crippen molar-refractivity contribution in [2.45, 2.75) is 52.1 Å². The fraction of sp³-hybridized carbons (Fsp3) is 0.643. The Morgan fingerprint density at radius 2 is 2.18 bits per heavy atom. The van der Waals surface area contributed by atoms with Crippen LogP contribution in [0.4, 0.5) is 5.69 Å². The van der Waals surface area contributed by atoms with Gasteiger partial charge in [-0.05, 0) is 37.7 Å². The molecule has 0 amide bonds. The van der Waals surface area contributed by atoms with E-state index in [0.717, 1.165) is 31.0 Å². The number of rotatable bonds is 6. The monoisotopic (exact) mass is 234 g/mol. The molecular formula is C14H22N2O. The smallest absolute Gasteiger partial charge is 0.250 e. The maximum atomic E-state index is 11.6. The number of pyridine rings is 1. The van der Waals surface area contributed by atoms with Gasteiger partial charge in [-0.3, -0.25) is 4.79 Å². The highest BCUT2D eigenvalue weighted by molar-refractivity contribution is 5.41. The van der Waals surface area contributed by atoms with Gasteiger partial charge in [-0.2, -0.15) is 0 Å². The molecule has 0 aliphatic heterocycles. The topological polar surface area (TPSA) is 34.0 Å². The van der Waals surface area contributed by atoms with E-state index in [0.29, 0.717) is 6.04 Å². The van der Waals surface area contributed by atoms with E-state index in [9.17, 15) is 4.79 Å². The molecule has 1 N–H and O–H groups in total. The Balaban J connectivity index is 2.09. The van der Waals surface area contributed by atoms with E-state index in [-0.39, 0.29) is 5.56 Å². The van der Waals surface area contributed by atoms with Crippen LogP contribution in [0.15, 0.2) is 23.1 Å². The molecule has 1 heterocycles. The Morgan fingerprint density at radius 3 is 2.76 bits per heavy atom. The van der Waals surface area contributed by atoms with Gasteiger partial charge in [0.2, 0.25) is 0 Å². The van der Waals surface area contributed by atoms with Crippen molar-refractivity contribution in [1.82, 2.24) is 4.57 Å². The summed E-state index contributed by atoms with van der Waals surface area (Å²) in [4.78, 5) is 11.6. The summed E-state index contributed by atoms with van der Waals surface area (Å²) < 4.78 is 1.79. The molecule has 0 bridgehead atoms. The van der Waals surface area contributed by atoms with Crippen LogP contribution in [-0.4, -0.2) is 10.6 Å². The number of hydrogen-bond donors (Lipinski definition) is 1. The average molecular weight is 234 g/mol. The molecule has 1 saturated carbocycles. The first-order valence-corrected chi connectivity index (χ1v) is 6.71. The van der Waals surface area contributed by atoms with E-state index >= 15 is 0 Å². The fourth-order valence-electron chi connectivity index (χ4n) is 2.30. The van der Waals surface area contributed by atoms with Crippen LogP contribution in [0.5, 0.6) is 0 Å². The molecule has 17 heavy (non-hydrogen) atoms. The minimum Gasteiger partial charge on any atom is -0.381 e. The highest BCUT2D eigenvalue weighted by Crippen LogP contribution is 2.35. The summed E-state index contributed by atoms with van der Waals surface area (Å²) in [6.07, 6.45) is 6.79. The molecule has 1 aliphatic rings. The number of hydrogen-bond acceptors (Lipinski definition) is 2. The minimum atomic E-state index is 0.0943. The van der Waals surface area contributed by atoms with Crippen LogP contribution >= 0.6 is 0 Å². The lowest BCUT2D eigenvalue weighted by Gasteiger charge is -2.18. The van der Waals surface area contributed by atoms with Crippen molar-refractivity contribution in [3.8, 4) is 0 Å². The Bertz CT molecular complexity index is 420. The molecule has 1 aromatic rings. The van der Waals surface area contributed by atoms with Gasteiger partial charge in [-0.15, -0.1) is 0 Å². The predicted molar refractivity (Wildman–Crippen MR) is 71.4 cm³/mol. The Labute approximate surface area is 103 Å². The third-order valence-corrected chi connectivity index (χ3v) is 3.43. The SMILES string of the molecule is CCCn1cc(NC(CC)C2CC2)ccc1=O. The molecule has 3 heteroatoms. The highest BCUT2D eigenvalue weighted by atomic mass is 16.1. The molecule has 0 aromatic carbocycles. The van der Waals surface area contributed by atoms with E-state index in [4.69, 9.17) is 0 Å². The summed E-state index contributed by atoms with van der Waals surface area (Å²) in [5.74, 6) is 0.839. The highest BCUT2D eigenvalue weighted by Gasteiger charge is 2.29. The van der Waals surface area contributed by atoms with Gasteiger partial charge in [0.15, 0.2) is 0 Å². The van der Waals surface area contributed by atoms with Gasteiger partial charge < -0.3 is 9.88 Å². The lowest BCUT2D eigenvalue weighted by Crippen LogP contribution is -2.24. The Kier molecular flexibility index (Phi) is 3.87. The van der Waals surface area contributed by atoms with Gasteiger partial charge in [0.1, 0.15) is 0 Å². The summed E-state index contributed by atoms with van der Waals surface area (Å²) in [6.45, 7) is 5.11. The third kappa shape index (κ3) is 3.11. The van der Waals surface area contributed by atoms with Gasteiger partial charge in [0.05, 0.1) is 5.69 Å². The first-order chi connectivity index (χ1) is 8.24. The molecule has 0 saturated heterocycles. The zero-order valence-electron chi connectivity index (χ0n) is 10.8. The second kappa shape index (κ2) is 5.39. The van der Waals surface area contributed by atoms with Crippen LogP contribution in [-0.2, 0) is 6.54 Å². The predicted octanol–water partition coefficient (Wildman–Crippen LogP) is 2.86. The molecule has 1 aliphatic carbocycles. The number of anilines is 1. The van der Waals surface area contributed by atoms with Crippen LogP contribution in [0, 0.1) is 5.92 Å². The zero-order chi connectivity index (χ0) is 12.3. The lowest BCUT2D eigenvalue weighted by molar-refractivity contribution is 0.611. The lowest BCUT2D eigenvalue weighted by atomic mass is 10.1. The summed E-state index contributed by atoms with van der Waals surface area (Å²) in [6, 6.07) is 4.14.